The zero-order valence-electron chi connectivity index (χ0n) is 17.6. The Morgan fingerprint density at radius 3 is 2.50 bits per heavy atom. The zero-order chi connectivity index (χ0) is 22.7. The maximum absolute atomic E-state index is 12.6. The Labute approximate surface area is 194 Å². The van der Waals surface area contributed by atoms with Gasteiger partial charge in [0.05, 0.1) is 11.6 Å². The Kier molecular flexibility index (Phi) is 6.57. The van der Waals surface area contributed by atoms with E-state index in [-0.39, 0.29) is 24.8 Å². The first kappa shape index (κ1) is 22.0. The van der Waals surface area contributed by atoms with E-state index in [9.17, 15) is 14.4 Å². The van der Waals surface area contributed by atoms with Crippen LogP contribution in [0.4, 0.5) is 5.69 Å². The van der Waals surface area contributed by atoms with E-state index in [1.165, 1.54) is 11.3 Å². The zero-order valence-corrected chi connectivity index (χ0v) is 19.3. The van der Waals surface area contributed by atoms with Gasteiger partial charge in [-0.2, -0.15) is 0 Å². The van der Waals surface area contributed by atoms with Crippen molar-refractivity contribution in [3.63, 3.8) is 0 Å². The molecule has 2 aromatic carbocycles. The van der Waals surface area contributed by atoms with Gasteiger partial charge in [-0.1, -0.05) is 30.3 Å². The molecule has 32 heavy (non-hydrogen) atoms. The molecule has 1 fully saturated rings. The van der Waals surface area contributed by atoms with E-state index >= 15 is 0 Å². The highest BCUT2D eigenvalue weighted by molar-refractivity contribution is 7.98. The number of benzene rings is 2. The molecule has 0 saturated carbocycles. The summed E-state index contributed by atoms with van der Waals surface area (Å²) in [5.41, 5.74) is 7.22. The number of carbonyl (C=O) groups is 3. The Balaban J connectivity index is 1.36. The molecule has 4 rings (SSSR count). The lowest BCUT2D eigenvalue weighted by Gasteiger charge is -2.17. The second kappa shape index (κ2) is 9.54. The number of nitrogens with zero attached hydrogens (tertiary/aromatic N) is 2. The summed E-state index contributed by atoms with van der Waals surface area (Å²) in [5, 5.41) is 0.740. The largest absolute Gasteiger partial charge is 0.312 e. The van der Waals surface area contributed by atoms with Gasteiger partial charge in [0.1, 0.15) is 9.88 Å². The third-order valence-electron chi connectivity index (χ3n) is 5.20. The van der Waals surface area contributed by atoms with Crippen molar-refractivity contribution in [2.75, 3.05) is 17.7 Å². The molecule has 164 valence electrons. The number of hydrogen-bond donors (Lipinski definition) is 2. The fourth-order valence-corrected chi connectivity index (χ4v) is 4.86. The Morgan fingerprint density at radius 2 is 1.81 bits per heavy atom. The van der Waals surface area contributed by atoms with Gasteiger partial charge >= 0.3 is 0 Å². The number of aryl methyl sites for hydroxylation is 1. The lowest BCUT2D eigenvalue weighted by atomic mass is 10.1. The van der Waals surface area contributed by atoms with Gasteiger partial charge < -0.3 is 4.90 Å². The van der Waals surface area contributed by atoms with Crippen LogP contribution in [0.3, 0.4) is 0 Å². The van der Waals surface area contributed by atoms with E-state index in [2.05, 4.69) is 15.8 Å². The molecule has 9 heteroatoms. The van der Waals surface area contributed by atoms with Crippen LogP contribution in [-0.4, -0.2) is 35.5 Å². The summed E-state index contributed by atoms with van der Waals surface area (Å²) in [6.45, 7) is 2.03. The SMILES string of the molecule is CSc1ccc(N2CC(C(=O)NNC(=O)c3sc(-c4ccccc4)nc3C)CC2=O)cc1. The number of thioether (sulfide) groups is 1. The van der Waals surface area contributed by atoms with E-state index in [4.69, 9.17) is 0 Å². The van der Waals surface area contributed by atoms with Crippen molar-refractivity contribution < 1.29 is 14.4 Å². The third kappa shape index (κ3) is 4.68. The van der Waals surface area contributed by atoms with Crippen LogP contribution in [0.25, 0.3) is 10.6 Å². The summed E-state index contributed by atoms with van der Waals surface area (Å²) < 4.78 is 0. The highest BCUT2D eigenvalue weighted by atomic mass is 32.2. The van der Waals surface area contributed by atoms with Crippen molar-refractivity contribution in [3.05, 3.63) is 65.2 Å². The van der Waals surface area contributed by atoms with Crippen LogP contribution in [0.2, 0.25) is 0 Å². The molecule has 1 aromatic heterocycles. The minimum absolute atomic E-state index is 0.101. The first-order valence-corrected chi connectivity index (χ1v) is 12.1. The number of aromatic nitrogens is 1. The number of hydrazine groups is 1. The molecule has 0 spiro atoms. The van der Waals surface area contributed by atoms with Crippen molar-refractivity contribution in [1.29, 1.82) is 0 Å². The van der Waals surface area contributed by atoms with Crippen molar-refractivity contribution in [2.45, 2.75) is 18.2 Å². The van der Waals surface area contributed by atoms with Gasteiger partial charge in [0.15, 0.2) is 0 Å². The molecular formula is C23H22N4O3S2. The summed E-state index contributed by atoms with van der Waals surface area (Å²) in [4.78, 5) is 45.2. The molecule has 3 amide bonds. The van der Waals surface area contributed by atoms with Crippen LogP contribution >= 0.6 is 23.1 Å². The highest BCUT2D eigenvalue weighted by Crippen LogP contribution is 2.28. The first-order valence-electron chi connectivity index (χ1n) is 10.0. The molecule has 7 nitrogen and oxygen atoms in total. The third-order valence-corrected chi connectivity index (χ3v) is 7.15. The molecule has 1 saturated heterocycles. The maximum atomic E-state index is 12.6. The van der Waals surface area contributed by atoms with Crippen LogP contribution in [0, 0.1) is 12.8 Å². The van der Waals surface area contributed by atoms with E-state index in [0.717, 1.165) is 21.2 Å². The summed E-state index contributed by atoms with van der Waals surface area (Å²) in [7, 11) is 0. The van der Waals surface area contributed by atoms with Crippen molar-refractivity contribution in [1.82, 2.24) is 15.8 Å². The summed E-state index contributed by atoms with van der Waals surface area (Å²) >= 11 is 2.89. The second-order valence-corrected chi connectivity index (χ2v) is 9.23. The number of rotatable bonds is 5. The topological polar surface area (TPSA) is 91.4 Å². The Hall–Kier alpha value is -3.17. The molecule has 1 aliphatic rings. The smallest absolute Gasteiger partial charge is 0.281 e. The summed E-state index contributed by atoms with van der Waals surface area (Å²) in [6.07, 6.45) is 2.09. The second-order valence-electron chi connectivity index (χ2n) is 7.35. The lowest BCUT2D eigenvalue weighted by Crippen LogP contribution is -2.45. The van der Waals surface area contributed by atoms with Crippen molar-refractivity contribution in [3.8, 4) is 10.6 Å². The number of thiazole rings is 1. The average molecular weight is 467 g/mol. The molecule has 0 radical (unpaired) electrons. The van der Waals surface area contributed by atoms with E-state index < -0.39 is 11.8 Å². The molecule has 2 heterocycles. The Morgan fingerprint density at radius 1 is 1.09 bits per heavy atom. The lowest BCUT2D eigenvalue weighted by molar-refractivity contribution is -0.126. The highest BCUT2D eigenvalue weighted by Gasteiger charge is 2.35. The monoisotopic (exact) mass is 466 g/mol. The fraction of sp³-hybridized carbons (Fsp3) is 0.217. The number of nitrogens with one attached hydrogen (secondary N) is 2. The Bertz CT molecular complexity index is 1150. The number of carbonyl (C=O) groups excluding carboxylic acids is 3. The molecule has 1 unspecified atom stereocenters. The van der Waals surface area contributed by atoms with Gasteiger partial charge in [0.2, 0.25) is 11.8 Å². The summed E-state index contributed by atoms with van der Waals surface area (Å²) in [6, 6.07) is 17.2. The van der Waals surface area contributed by atoms with Crippen LogP contribution in [-0.2, 0) is 9.59 Å². The van der Waals surface area contributed by atoms with Crippen LogP contribution in [0.5, 0.6) is 0 Å². The van der Waals surface area contributed by atoms with Gasteiger partial charge in [-0.15, -0.1) is 23.1 Å². The van der Waals surface area contributed by atoms with Gasteiger partial charge in [0.25, 0.3) is 5.91 Å². The predicted octanol–water partition coefficient (Wildman–Crippen LogP) is 3.65. The summed E-state index contributed by atoms with van der Waals surface area (Å²) in [5.74, 6) is -1.46. The predicted molar refractivity (Wildman–Crippen MR) is 127 cm³/mol. The van der Waals surface area contributed by atoms with Crippen molar-refractivity contribution >= 4 is 46.5 Å². The molecule has 0 aliphatic carbocycles. The normalized spacial score (nSPS) is 15.6. The molecule has 0 bridgehead atoms. The van der Waals surface area contributed by atoms with Crippen LogP contribution in [0.1, 0.15) is 21.8 Å². The fourth-order valence-electron chi connectivity index (χ4n) is 3.48. The van der Waals surface area contributed by atoms with Crippen LogP contribution < -0.4 is 15.8 Å². The minimum Gasteiger partial charge on any atom is -0.312 e. The molecule has 1 atom stereocenters. The average Bonchev–Trinajstić information content (AvgIpc) is 3.41. The van der Waals surface area contributed by atoms with Crippen LogP contribution in [0.15, 0.2) is 59.5 Å². The molecule has 1 aliphatic heterocycles. The van der Waals surface area contributed by atoms with Gasteiger partial charge in [-0.3, -0.25) is 25.2 Å². The van der Waals surface area contributed by atoms with Gasteiger partial charge in [-0.05, 0) is 37.4 Å². The molecular weight excluding hydrogens is 444 g/mol. The van der Waals surface area contributed by atoms with Crippen molar-refractivity contribution in [2.24, 2.45) is 5.92 Å². The first-order chi connectivity index (χ1) is 15.5. The standard InChI is InChI=1S/C23H22N4O3S2/c1-14-20(32-23(24-14)15-6-4-3-5-7-15)22(30)26-25-21(29)16-12-19(28)27(13-16)17-8-10-18(31-2)11-9-17/h3-11,16H,12-13H2,1-2H3,(H,25,29)(H,26,30). The van der Waals surface area contributed by atoms with E-state index in [1.807, 2.05) is 60.9 Å². The van der Waals surface area contributed by atoms with E-state index in [0.29, 0.717) is 10.6 Å². The van der Waals surface area contributed by atoms with E-state index in [1.54, 1.807) is 23.6 Å². The quantitative estimate of drug-likeness (QED) is 0.442. The van der Waals surface area contributed by atoms with Gasteiger partial charge in [0, 0.05) is 29.1 Å². The molecule has 3 aromatic rings. The minimum atomic E-state index is -0.537. The molecule has 2 N–H and O–H groups in total. The number of anilines is 1. The number of hydrogen-bond acceptors (Lipinski definition) is 6. The maximum Gasteiger partial charge on any atom is 0.281 e. The number of amides is 3. The van der Waals surface area contributed by atoms with Gasteiger partial charge in [-0.25, -0.2) is 4.98 Å².